The molecule has 0 spiro atoms. The highest BCUT2D eigenvalue weighted by molar-refractivity contribution is 5.85. The number of nitrogens with two attached hydrogens (primary N) is 1. The number of imidazole rings is 1. The summed E-state index contributed by atoms with van der Waals surface area (Å²) in [5.41, 5.74) is 10.3. The van der Waals surface area contributed by atoms with Gasteiger partial charge in [-0.1, -0.05) is 29.8 Å². The molecular formula is C18H21N5. The first-order valence-electron chi connectivity index (χ1n) is 8.05. The molecule has 5 nitrogen and oxygen atoms in total. The minimum Gasteiger partial charge on any atom is -0.382 e. The van der Waals surface area contributed by atoms with Gasteiger partial charge in [0.05, 0.1) is 6.04 Å². The van der Waals surface area contributed by atoms with Crippen molar-refractivity contribution in [2.24, 2.45) is 0 Å². The smallest absolute Gasteiger partial charge is 0.150 e. The van der Waals surface area contributed by atoms with Gasteiger partial charge < -0.3 is 5.73 Å². The highest BCUT2D eigenvalue weighted by Gasteiger charge is 2.28. The van der Waals surface area contributed by atoms with Crippen molar-refractivity contribution in [1.29, 1.82) is 0 Å². The van der Waals surface area contributed by atoms with E-state index in [0.29, 0.717) is 11.9 Å². The van der Waals surface area contributed by atoms with Gasteiger partial charge in [-0.2, -0.15) is 0 Å². The first-order valence-corrected chi connectivity index (χ1v) is 8.05. The molecule has 4 rings (SSSR count). The number of nitrogens with zero attached hydrogens (tertiary/aromatic N) is 4. The van der Waals surface area contributed by atoms with E-state index in [1.807, 2.05) is 6.20 Å². The number of nitrogen functional groups attached to an aromatic ring is 1. The van der Waals surface area contributed by atoms with E-state index in [4.69, 9.17) is 10.7 Å². The fourth-order valence-corrected chi connectivity index (χ4v) is 3.47. The molecule has 1 fully saturated rings. The second-order valence-electron chi connectivity index (χ2n) is 6.35. The highest BCUT2D eigenvalue weighted by Crippen LogP contribution is 2.35. The molecule has 0 saturated carbocycles. The monoisotopic (exact) mass is 307 g/mol. The van der Waals surface area contributed by atoms with Crippen molar-refractivity contribution in [3.8, 4) is 11.3 Å². The molecule has 3 heterocycles. The molecule has 23 heavy (non-hydrogen) atoms. The average molecular weight is 307 g/mol. The second-order valence-corrected chi connectivity index (χ2v) is 6.35. The van der Waals surface area contributed by atoms with E-state index in [2.05, 4.69) is 52.5 Å². The molecule has 2 N–H and O–H groups in total. The van der Waals surface area contributed by atoms with Gasteiger partial charge >= 0.3 is 0 Å². The van der Waals surface area contributed by atoms with Crippen LogP contribution in [-0.4, -0.2) is 32.9 Å². The third-order valence-electron chi connectivity index (χ3n) is 4.75. The van der Waals surface area contributed by atoms with Gasteiger partial charge in [0.2, 0.25) is 0 Å². The first-order chi connectivity index (χ1) is 11.1. The average Bonchev–Trinajstić information content (AvgIpc) is 3.12. The molecule has 0 radical (unpaired) electrons. The van der Waals surface area contributed by atoms with Crippen LogP contribution in [0.3, 0.4) is 0 Å². The van der Waals surface area contributed by atoms with Gasteiger partial charge in [-0.05, 0) is 33.4 Å². The summed E-state index contributed by atoms with van der Waals surface area (Å²) in [6, 6.07) is 8.75. The largest absolute Gasteiger partial charge is 0.382 e. The molecule has 1 aromatic carbocycles. The summed E-state index contributed by atoms with van der Waals surface area (Å²) >= 11 is 0. The van der Waals surface area contributed by atoms with Crippen LogP contribution in [0.2, 0.25) is 0 Å². The van der Waals surface area contributed by atoms with Crippen molar-refractivity contribution in [3.63, 3.8) is 0 Å². The van der Waals surface area contributed by atoms with E-state index in [1.54, 1.807) is 6.20 Å². The maximum absolute atomic E-state index is 6.19. The molecule has 1 saturated heterocycles. The molecule has 1 atom stereocenters. The van der Waals surface area contributed by atoms with Crippen molar-refractivity contribution in [2.75, 3.05) is 19.3 Å². The summed E-state index contributed by atoms with van der Waals surface area (Å²) in [6.45, 7) is 3.20. The van der Waals surface area contributed by atoms with Crippen LogP contribution in [0, 0.1) is 6.92 Å². The minimum absolute atomic E-state index is 0.337. The predicted octanol–water partition coefficient (Wildman–Crippen LogP) is 3.05. The summed E-state index contributed by atoms with van der Waals surface area (Å²) < 4.78 is 2.12. The number of fused-ring (bicyclic) bond motifs is 1. The van der Waals surface area contributed by atoms with Crippen molar-refractivity contribution >= 4 is 11.3 Å². The van der Waals surface area contributed by atoms with Gasteiger partial charge in [0.25, 0.3) is 0 Å². The fourth-order valence-electron chi connectivity index (χ4n) is 3.47. The van der Waals surface area contributed by atoms with E-state index in [0.717, 1.165) is 35.6 Å². The minimum atomic E-state index is 0.337. The van der Waals surface area contributed by atoms with E-state index < -0.39 is 0 Å². The quantitative estimate of drug-likeness (QED) is 0.790. The molecular weight excluding hydrogens is 286 g/mol. The molecule has 5 heteroatoms. The van der Waals surface area contributed by atoms with Crippen molar-refractivity contribution in [3.05, 3.63) is 48.0 Å². The first kappa shape index (κ1) is 14.2. The molecule has 3 aromatic rings. The number of hydrogen-bond donors (Lipinski definition) is 1. The lowest BCUT2D eigenvalue weighted by Crippen LogP contribution is -2.19. The third kappa shape index (κ3) is 2.28. The van der Waals surface area contributed by atoms with Crippen LogP contribution >= 0.6 is 0 Å². The summed E-state index contributed by atoms with van der Waals surface area (Å²) in [6.07, 6.45) is 6.06. The Morgan fingerprint density at radius 1 is 1.22 bits per heavy atom. The molecule has 118 valence electrons. The molecule has 2 aromatic heterocycles. The number of likely N-dealkylation sites (tertiary alicyclic amines) is 1. The lowest BCUT2D eigenvalue weighted by molar-refractivity contribution is 0.305. The van der Waals surface area contributed by atoms with Crippen molar-refractivity contribution in [1.82, 2.24) is 19.3 Å². The third-order valence-corrected chi connectivity index (χ3v) is 4.75. The van der Waals surface area contributed by atoms with E-state index in [1.165, 1.54) is 12.0 Å². The standard InChI is InChI=1S/C18H21N5/c1-12-5-7-13(8-6-12)15-16-17(19)20-9-11-23(16)18(21-15)14-4-3-10-22(14)2/h5-9,11,14H,3-4,10H2,1-2H3,(H2,19,20). The van der Waals surface area contributed by atoms with Gasteiger partial charge in [-0.3, -0.25) is 9.30 Å². The number of aromatic nitrogens is 3. The van der Waals surface area contributed by atoms with Crippen molar-refractivity contribution in [2.45, 2.75) is 25.8 Å². The fraction of sp³-hybridized carbons (Fsp3) is 0.333. The number of rotatable bonds is 2. The van der Waals surface area contributed by atoms with Gasteiger partial charge in [0.15, 0.2) is 0 Å². The van der Waals surface area contributed by atoms with Crippen LogP contribution in [0.15, 0.2) is 36.7 Å². The van der Waals surface area contributed by atoms with Gasteiger partial charge in [-0.15, -0.1) is 0 Å². The molecule has 0 amide bonds. The molecule has 1 unspecified atom stereocenters. The van der Waals surface area contributed by atoms with Crippen LogP contribution < -0.4 is 5.73 Å². The lowest BCUT2D eigenvalue weighted by Gasteiger charge is -2.18. The SMILES string of the molecule is Cc1ccc(-c2nc(C3CCCN3C)n3ccnc(N)c23)cc1. The van der Waals surface area contributed by atoms with Gasteiger partial charge in [0.1, 0.15) is 22.9 Å². The number of aryl methyl sites for hydroxylation is 1. The van der Waals surface area contributed by atoms with Crippen molar-refractivity contribution < 1.29 is 0 Å². The Morgan fingerprint density at radius 3 is 2.70 bits per heavy atom. The summed E-state index contributed by atoms with van der Waals surface area (Å²) in [4.78, 5) is 11.6. The van der Waals surface area contributed by atoms with Crippen LogP contribution in [0.5, 0.6) is 0 Å². The van der Waals surface area contributed by atoms with Crippen LogP contribution in [-0.2, 0) is 0 Å². The molecule has 1 aliphatic heterocycles. The number of benzene rings is 1. The van der Waals surface area contributed by atoms with Crippen LogP contribution in [0.1, 0.15) is 30.3 Å². The predicted molar refractivity (Wildman–Crippen MR) is 92.2 cm³/mol. The maximum atomic E-state index is 6.19. The maximum Gasteiger partial charge on any atom is 0.150 e. The van der Waals surface area contributed by atoms with E-state index in [9.17, 15) is 0 Å². The van der Waals surface area contributed by atoms with Gasteiger partial charge in [-0.25, -0.2) is 9.97 Å². The summed E-state index contributed by atoms with van der Waals surface area (Å²) in [5.74, 6) is 1.59. The zero-order chi connectivity index (χ0) is 16.0. The number of anilines is 1. The zero-order valence-corrected chi connectivity index (χ0v) is 13.5. The van der Waals surface area contributed by atoms with E-state index >= 15 is 0 Å². The lowest BCUT2D eigenvalue weighted by atomic mass is 10.1. The van der Waals surface area contributed by atoms with E-state index in [-0.39, 0.29) is 0 Å². The normalized spacial score (nSPS) is 18.8. The molecule has 0 aliphatic carbocycles. The summed E-state index contributed by atoms with van der Waals surface area (Å²) in [7, 11) is 2.16. The zero-order valence-electron chi connectivity index (χ0n) is 13.5. The molecule has 0 bridgehead atoms. The van der Waals surface area contributed by atoms with Gasteiger partial charge in [0, 0.05) is 18.0 Å². The Kier molecular flexibility index (Phi) is 3.31. The Bertz CT molecular complexity index is 850. The Labute approximate surface area is 135 Å². The topological polar surface area (TPSA) is 59.5 Å². The highest BCUT2D eigenvalue weighted by atomic mass is 15.2. The molecule has 1 aliphatic rings. The second kappa shape index (κ2) is 5.35. The van der Waals surface area contributed by atoms with Crippen LogP contribution in [0.25, 0.3) is 16.8 Å². The Hall–Kier alpha value is -2.40. The Balaban J connectivity index is 1.95. The number of hydrogen-bond acceptors (Lipinski definition) is 4. The van der Waals surface area contributed by atoms with Crippen LogP contribution in [0.4, 0.5) is 5.82 Å². The Morgan fingerprint density at radius 2 is 2.00 bits per heavy atom. The summed E-state index contributed by atoms with van der Waals surface area (Å²) in [5, 5.41) is 0.